The minimum absolute atomic E-state index is 0.0749. The molecule has 2 heterocycles. The van der Waals surface area contributed by atoms with Crippen LogP contribution in [0.15, 0.2) is 0 Å². The highest BCUT2D eigenvalue weighted by molar-refractivity contribution is 7.99. The van der Waals surface area contributed by atoms with Crippen molar-refractivity contribution in [3.05, 3.63) is 17.0 Å². The summed E-state index contributed by atoms with van der Waals surface area (Å²) in [7, 11) is 0. The first kappa shape index (κ1) is 20.2. The summed E-state index contributed by atoms with van der Waals surface area (Å²) in [5.41, 5.74) is 2.94. The minimum atomic E-state index is -0.167. The van der Waals surface area contributed by atoms with E-state index in [0.29, 0.717) is 25.3 Å². The highest BCUT2D eigenvalue weighted by atomic mass is 32.2. The minimum Gasteiger partial charge on any atom is -0.466 e. The molecule has 27 heavy (non-hydrogen) atoms. The number of rotatable bonds is 7. The Bertz CT molecular complexity index is 670. The second-order valence-corrected chi connectivity index (χ2v) is 8.17. The van der Waals surface area contributed by atoms with Crippen LogP contribution in [-0.2, 0) is 28.9 Å². The normalized spacial score (nSPS) is 19.6. The van der Waals surface area contributed by atoms with Gasteiger partial charge in [0.1, 0.15) is 0 Å². The van der Waals surface area contributed by atoms with Gasteiger partial charge in [0.2, 0.25) is 0 Å². The molecule has 1 fully saturated rings. The topological polar surface area (TPSA) is 76.5 Å². The largest absolute Gasteiger partial charge is 0.466 e. The summed E-state index contributed by atoms with van der Waals surface area (Å²) in [6, 6.07) is 0.268. The number of nitrogens with zero attached hydrogens (tertiary/aromatic N) is 3. The van der Waals surface area contributed by atoms with Gasteiger partial charge in [-0.05, 0) is 33.1 Å². The van der Waals surface area contributed by atoms with E-state index in [0.717, 1.165) is 56.0 Å². The number of aromatic nitrogens is 2. The van der Waals surface area contributed by atoms with Crippen LogP contribution in [0.5, 0.6) is 0 Å². The maximum absolute atomic E-state index is 13.0. The molecule has 0 bridgehead atoms. The molecule has 8 heteroatoms. The first-order chi connectivity index (χ1) is 13.1. The molecule has 0 saturated carbocycles. The van der Waals surface area contributed by atoms with Gasteiger partial charge in [-0.1, -0.05) is 0 Å². The molecule has 0 radical (unpaired) electrons. The van der Waals surface area contributed by atoms with Gasteiger partial charge in [-0.3, -0.25) is 14.3 Å². The van der Waals surface area contributed by atoms with Crippen molar-refractivity contribution in [1.29, 1.82) is 0 Å². The maximum atomic E-state index is 13.0. The number of amides is 1. The Balaban J connectivity index is 1.67. The molecule has 2 aliphatic rings. The lowest BCUT2D eigenvalue weighted by Gasteiger charge is -2.27. The number of carbonyl (C=O) groups is 2. The molecule has 1 unspecified atom stereocenters. The molecule has 0 spiro atoms. The molecule has 3 rings (SSSR count). The Kier molecular flexibility index (Phi) is 7.18. The summed E-state index contributed by atoms with van der Waals surface area (Å²) in [5.74, 6) is 1.91. The number of ether oxygens (including phenoxy) is 1. The highest BCUT2D eigenvalue weighted by Crippen LogP contribution is 2.26. The van der Waals surface area contributed by atoms with Crippen molar-refractivity contribution < 1.29 is 14.3 Å². The van der Waals surface area contributed by atoms with Crippen LogP contribution >= 0.6 is 11.8 Å². The van der Waals surface area contributed by atoms with Gasteiger partial charge in [0.15, 0.2) is 5.69 Å². The van der Waals surface area contributed by atoms with Crippen molar-refractivity contribution in [2.75, 3.05) is 37.7 Å². The SMILES string of the molecule is CCOC(=O)CCNC1CCc2c(c(C(=O)N3CCSCC3)nn2CC)C1. The molecule has 0 aromatic carbocycles. The molecule has 150 valence electrons. The molecule has 1 aromatic heterocycles. The summed E-state index contributed by atoms with van der Waals surface area (Å²) in [5, 5.41) is 8.13. The number of hydrogen-bond donors (Lipinski definition) is 1. The average molecular weight is 395 g/mol. The number of hydrogen-bond acceptors (Lipinski definition) is 6. The molecule has 1 atom stereocenters. The molecule has 7 nitrogen and oxygen atoms in total. The number of carbonyl (C=O) groups excluding carboxylic acids is 2. The summed E-state index contributed by atoms with van der Waals surface area (Å²) in [4.78, 5) is 26.5. The number of fused-ring (bicyclic) bond motifs is 1. The number of nitrogens with one attached hydrogen (secondary N) is 1. The quantitative estimate of drug-likeness (QED) is 0.706. The number of thioether (sulfide) groups is 1. The van der Waals surface area contributed by atoms with E-state index < -0.39 is 0 Å². The summed E-state index contributed by atoms with van der Waals surface area (Å²) in [6.45, 7) is 7.31. The number of aryl methyl sites for hydroxylation is 1. The molecule has 1 aliphatic heterocycles. The van der Waals surface area contributed by atoms with E-state index >= 15 is 0 Å². The van der Waals surface area contributed by atoms with Crippen LogP contribution in [0.25, 0.3) is 0 Å². The zero-order valence-corrected chi connectivity index (χ0v) is 17.1. The Hall–Kier alpha value is -1.54. The van der Waals surface area contributed by atoms with E-state index in [-0.39, 0.29) is 17.9 Å². The third kappa shape index (κ3) is 4.85. The summed E-state index contributed by atoms with van der Waals surface area (Å²) >= 11 is 1.90. The zero-order valence-electron chi connectivity index (χ0n) is 16.3. The predicted molar refractivity (Wildman–Crippen MR) is 106 cm³/mol. The Morgan fingerprint density at radius 3 is 2.78 bits per heavy atom. The van der Waals surface area contributed by atoms with E-state index in [1.165, 1.54) is 5.69 Å². The van der Waals surface area contributed by atoms with E-state index in [4.69, 9.17) is 4.74 Å². The van der Waals surface area contributed by atoms with E-state index in [2.05, 4.69) is 17.3 Å². The summed E-state index contributed by atoms with van der Waals surface area (Å²) in [6.07, 6.45) is 3.08. The Morgan fingerprint density at radius 1 is 1.30 bits per heavy atom. The van der Waals surface area contributed by atoms with Crippen LogP contribution in [0.1, 0.15) is 48.4 Å². The second kappa shape index (κ2) is 9.59. The van der Waals surface area contributed by atoms with Crippen LogP contribution in [0.3, 0.4) is 0 Å². The lowest BCUT2D eigenvalue weighted by molar-refractivity contribution is -0.143. The molecule has 1 amide bonds. The predicted octanol–water partition coefficient (Wildman–Crippen LogP) is 1.49. The molecule has 1 aliphatic carbocycles. The lowest BCUT2D eigenvalue weighted by atomic mass is 9.91. The van der Waals surface area contributed by atoms with Gasteiger partial charge in [0.25, 0.3) is 5.91 Å². The van der Waals surface area contributed by atoms with Gasteiger partial charge >= 0.3 is 5.97 Å². The fourth-order valence-electron chi connectivity index (χ4n) is 3.82. The van der Waals surface area contributed by atoms with Crippen LogP contribution < -0.4 is 5.32 Å². The van der Waals surface area contributed by atoms with Crippen molar-refractivity contribution in [3.63, 3.8) is 0 Å². The highest BCUT2D eigenvalue weighted by Gasteiger charge is 2.31. The molecule has 1 aromatic rings. The standard InChI is InChI=1S/C19H30N4O3S/c1-3-23-16-6-5-14(20-8-7-17(24)26-4-2)13-15(16)18(21-23)19(25)22-9-11-27-12-10-22/h14,20H,3-13H2,1-2H3. The van der Waals surface area contributed by atoms with Gasteiger partial charge in [0.05, 0.1) is 13.0 Å². The first-order valence-electron chi connectivity index (χ1n) is 9.98. The maximum Gasteiger partial charge on any atom is 0.307 e. The smallest absolute Gasteiger partial charge is 0.307 e. The second-order valence-electron chi connectivity index (χ2n) is 6.94. The Morgan fingerprint density at radius 2 is 2.07 bits per heavy atom. The third-order valence-corrected chi connectivity index (χ3v) is 6.16. The van der Waals surface area contributed by atoms with Crippen molar-refractivity contribution >= 4 is 23.6 Å². The van der Waals surface area contributed by atoms with Crippen LogP contribution in [0.4, 0.5) is 0 Å². The fraction of sp³-hybridized carbons (Fsp3) is 0.737. The first-order valence-corrected chi connectivity index (χ1v) is 11.1. The molecular formula is C19H30N4O3S. The fourth-order valence-corrected chi connectivity index (χ4v) is 4.73. The van der Waals surface area contributed by atoms with Gasteiger partial charge in [-0.2, -0.15) is 16.9 Å². The third-order valence-electron chi connectivity index (χ3n) is 5.21. The monoisotopic (exact) mass is 394 g/mol. The van der Waals surface area contributed by atoms with Gasteiger partial charge in [-0.25, -0.2) is 0 Å². The van der Waals surface area contributed by atoms with E-state index in [9.17, 15) is 9.59 Å². The number of esters is 1. The van der Waals surface area contributed by atoms with Crippen LogP contribution in [-0.4, -0.2) is 70.3 Å². The van der Waals surface area contributed by atoms with E-state index in [1.807, 2.05) is 28.3 Å². The zero-order chi connectivity index (χ0) is 19.2. The van der Waals surface area contributed by atoms with Crippen molar-refractivity contribution in [3.8, 4) is 0 Å². The average Bonchev–Trinajstić information content (AvgIpc) is 3.06. The molecule has 1 saturated heterocycles. The van der Waals surface area contributed by atoms with Crippen molar-refractivity contribution in [1.82, 2.24) is 20.0 Å². The van der Waals surface area contributed by atoms with Gasteiger partial charge in [0, 0.05) is 55.0 Å². The van der Waals surface area contributed by atoms with Crippen molar-refractivity contribution in [2.45, 2.75) is 52.1 Å². The van der Waals surface area contributed by atoms with Crippen molar-refractivity contribution in [2.24, 2.45) is 0 Å². The molecular weight excluding hydrogens is 364 g/mol. The summed E-state index contributed by atoms with van der Waals surface area (Å²) < 4.78 is 6.98. The van der Waals surface area contributed by atoms with Crippen LogP contribution in [0, 0.1) is 0 Å². The lowest BCUT2D eigenvalue weighted by Crippen LogP contribution is -2.40. The Labute approximate surface area is 165 Å². The molecule has 1 N–H and O–H groups in total. The van der Waals surface area contributed by atoms with Crippen LogP contribution in [0.2, 0.25) is 0 Å². The van der Waals surface area contributed by atoms with Gasteiger partial charge in [-0.15, -0.1) is 0 Å². The van der Waals surface area contributed by atoms with E-state index in [1.54, 1.807) is 0 Å². The van der Waals surface area contributed by atoms with Gasteiger partial charge < -0.3 is 15.0 Å².